The average Bonchev–Trinajstić information content (AvgIpc) is 3.29. The monoisotopic (exact) mass is 534 g/mol. The Labute approximate surface area is 193 Å². The molecule has 0 N–H and O–H groups in total. The van der Waals surface area contributed by atoms with Crippen molar-refractivity contribution in [2.24, 2.45) is 0 Å². The van der Waals surface area contributed by atoms with E-state index in [-0.39, 0.29) is 0 Å². The highest BCUT2D eigenvalue weighted by Gasteiger charge is 2.25. The van der Waals surface area contributed by atoms with Crippen LogP contribution in [0.15, 0.2) is 19.3 Å². The minimum absolute atomic E-state index is 0.311. The molecule has 16 heteroatoms. The molecule has 30 heavy (non-hydrogen) atoms. The molecule has 0 amide bonds. The molecule has 0 aliphatic rings. The molecule has 0 aromatic carbocycles. The number of hydrogen-bond acceptors (Lipinski definition) is 14. The van der Waals surface area contributed by atoms with E-state index >= 15 is 0 Å². The van der Waals surface area contributed by atoms with E-state index in [0.717, 1.165) is 22.8 Å². The van der Waals surface area contributed by atoms with Gasteiger partial charge in [0.1, 0.15) is 0 Å². The van der Waals surface area contributed by atoms with Gasteiger partial charge in [-0.25, -0.2) is 0 Å². The smallest absolute Gasteiger partial charge is 0.285 e. The van der Waals surface area contributed by atoms with Crippen LogP contribution in [-0.4, -0.2) is 46.8 Å². The molecule has 2 aromatic rings. The number of aryl methyl sites for hydroxylation is 2. The first-order valence-corrected chi connectivity index (χ1v) is 17.3. The van der Waals surface area contributed by atoms with Crippen LogP contribution in [0.5, 0.6) is 0 Å². The zero-order valence-electron chi connectivity index (χ0n) is 17.0. The molecule has 0 atom stereocenters. The normalized spacial score (nSPS) is 12.5. The molecule has 2 rings (SSSR count). The summed E-state index contributed by atoms with van der Waals surface area (Å²) >= 11 is 13.2. The van der Waals surface area contributed by atoms with Crippen molar-refractivity contribution in [3.63, 3.8) is 0 Å². The Kier molecular flexibility index (Phi) is 11.4. The predicted octanol–water partition coefficient (Wildman–Crippen LogP) is 5.02. The highest BCUT2D eigenvalue weighted by molar-refractivity contribution is 8.68. The minimum atomic E-state index is -2.55. The molecule has 0 fully saturated rings. The highest BCUT2D eigenvalue weighted by Crippen LogP contribution is 2.64. The molecule has 0 spiro atoms. The van der Waals surface area contributed by atoms with Gasteiger partial charge >= 0.3 is 0 Å². The van der Waals surface area contributed by atoms with Crippen molar-refractivity contribution in [2.75, 3.05) is 26.4 Å². The van der Waals surface area contributed by atoms with Gasteiger partial charge in [-0.3, -0.25) is 0 Å². The molecule has 0 aliphatic carbocycles. The third kappa shape index (κ3) is 8.57. The highest BCUT2D eigenvalue weighted by atomic mass is 32.9. The van der Waals surface area contributed by atoms with Gasteiger partial charge in [0.2, 0.25) is 11.8 Å². The van der Waals surface area contributed by atoms with Crippen molar-refractivity contribution in [1.82, 2.24) is 20.4 Å². The van der Waals surface area contributed by atoms with Crippen LogP contribution in [0.3, 0.4) is 0 Å². The molecule has 0 radical (unpaired) electrons. The SMILES string of the molecule is CCOP(=S)(OCC)Sc1nnc(CCc2nnc(SP(=S)(OCC)OCC)o2)o1. The van der Waals surface area contributed by atoms with E-state index in [1.165, 1.54) is 0 Å². The molecule has 0 bridgehead atoms. The number of aromatic nitrogens is 4. The first-order chi connectivity index (χ1) is 14.3. The summed E-state index contributed by atoms with van der Waals surface area (Å²) in [6.45, 7) is 9.23. The molecule has 2 aromatic heterocycles. The van der Waals surface area contributed by atoms with Crippen molar-refractivity contribution in [3.05, 3.63) is 11.8 Å². The zero-order chi connectivity index (χ0) is 22.0. The lowest BCUT2D eigenvalue weighted by Crippen LogP contribution is -1.92. The number of rotatable bonds is 15. The van der Waals surface area contributed by atoms with E-state index < -0.39 is 11.4 Å². The van der Waals surface area contributed by atoms with Crippen molar-refractivity contribution < 1.29 is 26.9 Å². The van der Waals surface area contributed by atoms with Gasteiger partial charge in [0.15, 0.2) is 0 Å². The van der Waals surface area contributed by atoms with Crippen LogP contribution >= 0.6 is 34.2 Å². The summed E-state index contributed by atoms with van der Waals surface area (Å²) in [7, 11) is 0. The van der Waals surface area contributed by atoms with Gasteiger partial charge < -0.3 is 26.9 Å². The summed E-state index contributed by atoms with van der Waals surface area (Å²) in [5.41, 5.74) is -5.11. The van der Waals surface area contributed by atoms with Crippen LogP contribution in [0.2, 0.25) is 0 Å². The number of hydrogen-bond donors (Lipinski definition) is 0. The molecule has 170 valence electrons. The second-order valence-electron chi connectivity index (χ2n) is 5.17. The maximum absolute atomic E-state index is 5.64. The first-order valence-electron chi connectivity index (χ1n) is 9.17. The van der Waals surface area contributed by atoms with Crippen LogP contribution in [-0.2, 0) is 54.6 Å². The van der Waals surface area contributed by atoms with E-state index in [2.05, 4.69) is 20.4 Å². The summed E-state index contributed by atoms with van der Waals surface area (Å²) < 4.78 is 33.5. The third-order valence-corrected chi connectivity index (χ3v) is 12.5. The van der Waals surface area contributed by atoms with Crippen LogP contribution in [0.4, 0.5) is 0 Å². The largest absolute Gasteiger partial charge is 0.416 e. The van der Waals surface area contributed by atoms with E-state index in [1.807, 2.05) is 27.7 Å². The van der Waals surface area contributed by atoms with Crippen molar-refractivity contribution in [1.29, 1.82) is 0 Å². The number of nitrogens with zero attached hydrogens (tertiary/aromatic N) is 4. The van der Waals surface area contributed by atoms with Crippen molar-refractivity contribution in [2.45, 2.75) is 51.0 Å². The second-order valence-corrected chi connectivity index (χ2v) is 17.3. The van der Waals surface area contributed by atoms with Gasteiger partial charge in [-0.05, 0) is 51.3 Å². The fourth-order valence-electron chi connectivity index (χ4n) is 1.97. The average molecular weight is 535 g/mol. The Morgan fingerprint density at radius 1 is 0.667 bits per heavy atom. The lowest BCUT2D eigenvalue weighted by Gasteiger charge is -2.17. The van der Waals surface area contributed by atoms with E-state index in [9.17, 15) is 0 Å². The molecule has 0 saturated carbocycles. The quantitative estimate of drug-likeness (QED) is 0.285. The fourth-order valence-corrected chi connectivity index (χ4v) is 10.3. The summed E-state index contributed by atoms with van der Waals surface area (Å²) in [4.78, 5) is 0. The summed E-state index contributed by atoms with van der Waals surface area (Å²) in [6, 6.07) is 0. The van der Waals surface area contributed by atoms with Gasteiger partial charge in [-0.1, -0.05) is 0 Å². The van der Waals surface area contributed by atoms with Gasteiger partial charge in [0.05, 0.1) is 26.4 Å². The van der Waals surface area contributed by atoms with Crippen molar-refractivity contribution in [3.8, 4) is 0 Å². The topological polar surface area (TPSA) is 115 Å². The van der Waals surface area contributed by atoms with Crippen molar-refractivity contribution >= 4 is 57.8 Å². The molecular weight excluding hydrogens is 510 g/mol. The van der Waals surface area contributed by atoms with Gasteiger partial charge in [-0.2, -0.15) is 0 Å². The van der Waals surface area contributed by atoms with Gasteiger partial charge in [0, 0.05) is 35.6 Å². The molecule has 0 aliphatic heterocycles. The second kappa shape index (κ2) is 13.0. The zero-order valence-corrected chi connectivity index (χ0v) is 22.1. The van der Waals surface area contributed by atoms with Crippen LogP contribution in [0.1, 0.15) is 39.5 Å². The lowest BCUT2D eigenvalue weighted by atomic mass is 10.3. The standard InChI is InChI=1S/C14H24N4O6P2S4/c1-5-19-25(27,20-6-2)29-13-17-15-11(23-13)9-10-12-16-18-14(24-12)30-26(28,21-7-3)22-8-4/h5-10H2,1-4H3. The Balaban J connectivity index is 1.93. The summed E-state index contributed by atoms with van der Waals surface area (Å²) in [6.07, 6.45) is 0.855. The Morgan fingerprint density at radius 3 is 1.30 bits per heavy atom. The Hall–Kier alpha value is 0.120. The first kappa shape index (κ1) is 26.4. The summed E-state index contributed by atoms with van der Waals surface area (Å²) in [5.74, 6) is 0.849. The van der Waals surface area contributed by atoms with E-state index in [1.54, 1.807) is 0 Å². The van der Waals surface area contributed by atoms with Gasteiger partial charge in [-0.15, -0.1) is 20.4 Å². The van der Waals surface area contributed by atoms with Crippen LogP contribution in [0.25, 0.3) is 0 Å². The molecule has 0 unspecified atom stereocenters. The maximum Gasteiger partial charge on any atom is 0.285 e. The molecule has 2 heterocycles. The maximum atomic E-state index is 5.64. The summed E-state index contributed by atoms with van der Waals surface area (Å²) in [5, 5.41) is 16.7. The molecule has 0 saturated heterocycles. The predicted molar refractivity (Wildman–Crippen MR) is 123 cm³/mol. The fraction of sp³-hybridized carbons (Fsp3) is 0.714. The van der Waals surface area contributed by atoms with E-state index in [4.69, 9.17) is 50.5 Å². The van der Waals surface area contributed by atoms with E-state index in [0.29, 0.717) is 61.5 Å². The van der Waals surface area contributed by atoms with Crippen LogP contribution < -0.4 is 0 Å². The third-order valence-electron chi connectivity index (χ3n) is 2.98. The van der Waals surface area contributed by atoms with Gasteiger partial charge in [0.25, 0.3) is 21.8 Å². The Bertz CT molecular complexity index is 792. The minimum Gasteiger partial charge on any atom is -0.416 e. The Morgan fingerprint density at radius 2 is 1.00 bits per heavy atom. The molecular formula is C14H24N4O6P2S4. The lowest BCUT2D eigenvalue weighted by molar-refractivity contribution is 0.279. The molecule has 10 nitrogen and oxygen atoms in total. The van der Waals surface area contributed by atoms with Crippen LogP contribution in [0, 0.1) is 0 Å².